The van der Waals surface area contributed by atoms with Crippen molar-refractivity contribution in [3.05, 3.63) is 54.1 Å². The zero-order valence-electron chi connectivity index (χ0n) is 17.6. The third-order valence-electron chi connectivity index (χ3n) is 5.80. The number of carbonyl (C=O) groups is 1. The van der Waals surface area contributed by atoms with E-state index in [9.17, 15) is 4.79 Å². The van der Waals surface area contributed by atoms with Gasteiger partial charge >= 0.3 is 0 Å². The van der Waals surface area contributed by atoms with Gasteiger partial charge in [0, 0.05) is 44.0 Å². The standard InChI is InChI=1S/C23H30N4O3/c1-3-30-19-9-7-17(8-10-19)21-16-22(25-24-21)23(28)27-13-11-26(12-14-27)18-5-4-6-20(15-18)29-2/h4-10,15,21-22,24-25H,3,11-14,16H2,1-2H3. The van der Waals surface area contributed by atoms with Gasteiger partial charge in [-0.15, -0.1) is 0 Å². The Morgan fingerprint density at radius 2 is 1.80 bits per heavy atom. The highest BCUT2D eigenvalue weighted by Gasteiger charge is 2.34. The van der Waals surface area contributed by atoms with Crippen molar-refractivity contribution in [3.8, 4) is 11.5 Å². The number of carbonyl (C=O) groups excluding carboxylic acids is 1. The van der Waals surface area contributed by atoms with Gasteiger partial charge in [-0.2, -0.15) is 0 Å². The quantitative estimate of drug-likeness (QED) is 0.762. The summed E-state index contributed by atoms with van der Waals surface area (Å²) in [5.74, 6) is 1.89. The summed E-state index contributed by atoms with van der Waals surface area (Å²) >= 11 is 0. The van der Waals surface area contributed by atoms with Crippen molar-refractivity contribution in [1.82, 2.24) is 15.8 Å². The van der Waals surface area contributed by atoms with E-state index in [-0.39, 0.29) is 18.0 Å². The molecule has 0 aromatic heterocycles. The topological polar surface area (TPSA) is 66.1 Å². The SMILES string of the molecule is CCOc1ccc(C2CC(C(=O)N3CCN(c4cccc(OC)c4)CC3)NN2)cc1. The Hall–Kier alpha value is -2.77. The van der Waals surface area contributed by atoms with Crippen LogP contribution in [0.1, 0.15) is 24.9 Å². The number of anilines is 1. The van der Waals surface area contributed by atoms with Crippen molar-refractivity contribution >= 4 is 11.6 Å². The van der Waals surface area contributed by atoms with Crippen LogP contribution in [0.15, 0.2) is 48.5 Å². The Balaban J connectivity index is 1.30. The van der Waals surface area contributed by atoms with Crippen LogP contribution in [-0.4, -0.2) is 56.7 Å². The molecule has 0 radical (unpaired) electrons. The second-order valence-corrected chi connectivity index (χ2v) is 7.65. The van der Waals surface area contributed by atoms with Gasteiger partial charge in [0.25, 0.3) is 0 Å². The van der Waals surface area contributed by atoms with Gasteiger partial charge in [-0.25, -0.2) is 10.9 Å². The lowest BCUT2D eigenvalue weighted by atomic mass is 10.0. The molecule has 2 heterocycles. The van der Waals surface area contributed by atoms with Gasteiger partial charge in [0.05, 0.1) is 13.7 Å². The summed E-state index contributed by atoms with van der Waals surface area (Å²) in [5, 5.41) is 0. The summed E-state index contributed by atoms with van der Waals surface area (Å²) in [5.41, 5.74) is 8.77. The maximum absolute atomic E-state index is 13.0. The molecule has 2 unspecified atom stereocenters. The molecule has 0 saturated carbocycles. The molecule has 7 nitrogen and oxygen atoms in total. The van der Waals surface area contributed by atoms with Gasteiger partial charge in [0.1, 0.15) is 17.5 Å². The molecule has 2 N–H and O–H groups in total. The van der Waals surface area contributed by atoms with Crippen molar-refractivity contribution in [2.45, 2.75) is 25.4 Å². The Morgan fingerprint density at radius 3 is 2.50 bits per heavy atom. The number of hydrazine groups is 1. The van der Waals surface area contributed by atoms with Gasteiger partial charge in [-0.05, 0) is 43.2 Å². The number of hydrogen-bond acceptors (Lipinski definition) is 6. The van der Waals surface area contributed by atoms with Crippen LogP contribution in [0, 0.1) is 0 Å². The van der Waals surface area contributed by atoms with E-state index in [1.54, 1.807) is 7.11 Å². The zero-order chi connectivity index (χ0) is 20.9. The first-order valence-corrected chi connectivity index (χ1v) is 10.6. The normalized spacial score (nSPS) is 21.5. The summed E-state index contributed by atoms with van der Waals surface area (Å²) in [6, 6.07) is 16.1. The number of amides is 1. The molecule has 4 rings (SSSR count). The Bertz CT molecular complexity index is 850. The molecule has 2 aromatic rings. The summed E-state index contributed by atoms with van der Waals surface area (Å²) < 4.78 is 10.8. The predicted octanol–water partition coefficient (Wildman–Crippen LogP) is 2.35. The van der Waals surface area contributed by atoms with Crippen LogP contribution >= 0.6 is 0 Å². The van der Waals surface area contributed by atoms with Crippen LogP contribution in [0.5, 0.6) is 11.5 Å². The molecule has 0 spiro atoms. The van der Waals surface area contributed by atoms with Crippen molar-refractivity contribution in [2.24, 2.45) is 0 Å². The molecule has 2 fully saturated rings. The lowest BCUT2D eigenvalue weighted by Gasteiger charge is -2.37. The second kappa shape index (κ2) is 9.36. The summed E-state index contributed by atoms with van der Waals surface area (Å²) in [6.07, 6.45) is 0.739. The lowest BCUT2D eigenvalue weighted by Crippen LogP contribution is -2.53. The van der Waals surface area contributed by atoms with E-state index in [0.29, 0.717) is 6.61 Å². The fourth-order valence-corrected chi connectivity index (χ4v) is 4.11. The number of ether oxygens (including phenoxy) is 2. The van der Waals surface area contributed by atoms with Crippen molar-refractivity contribution in [3.63, 3.8) is 0 Å². The molecule has 160 valence electrons. The Labute approximate surface area is 177 Å². The van der Waals surface area contributed by atoms with Gasteiger partial charge in [0.15, 0.2) is 0 Å². The average Bonchev–Trinajstić information content (AvgIpc) is 3.30. The minimum Gasteiger partial charge on any atom is -0.497 e. The van der Waals surface area contributed by atoms with Gasteiger partial charge < -0.3 is 19.3 Å². The summed E-state index contributed by atoms with van der Waals surface area (Å²) in [4.78, 5) is 17.3. The molecule has 2 aliphatic heterocycles. The van der Waals surface area contributed by atoms with Crippen molar-refractivity contribution in [2.75, 3.05) is 44.8 Å². The van der Waals surface area contributed by atoms with E-state index in [2.05, 4.69) is 34.0 Å². The smallest absolute Gasteiger partial charge is 0.241 e. The Kier molecular flexibility index (Phi) is 6.40. The molecule has 7 heteroatoms. The van der Waals surface area contributed by atoms with Gasteiger partial charge in [0.2, 0.25) is 5.91 Å². The molecule has 0 bridgehead atoms. The first-order chi connectivity index (χ1) is 14.7. The number of hydrogen-bond donors (Lipinski definition) is 2. The maximum Gasteiger partial charge on any atom is 0.241 e. The van der Waals surface area contributed by atoms with Gasteiger partial charge in [-0.3, -0.25) is 4.79 Å². The molecule has 2 saturated heterocycles. The highest BCUT2D eigenvalue weighted by Crippen LogP contribution is 2.26. The number of rotatable bonds is 6. The number of nitrogens with one attached hydrogen (secondary N) is 2. The molecule has 2 aliphatic rings. The summed E-state index contributed by atoms with van der Waals surface area (Å²) in [7, 11) is 1.68. The first kappa shape index (κ1) is 20.5. The molecule has 1 amide bonds. The van der Waals surface area contributed by atoms with Crippen LogP contribution < -0.4 is 25.2 Å². The number of nitrogens with zero attached hydrogens (tertiary/aromatic N) is 2. The molecule has 2 aromatic carbocycles. The molecule has 2 atom stereocenters. The van der Waals surface area contributed by atoms with E-state index in [1.807, 2.05) is 42.2 Å². The third-order valence-corrected chi connectivity index (χ3v) is 5.80. The van der Waals surface area contributed by atoms with Crippen LogP contribution in [-0.2, 0) is 4.79 Å². The minimum absolute atomic E-state index is 0.118. The van der Waals surface area contributed by atoms with Crippen molar-refractivity contribution < 1.29 is 14.3 Å². The fraction of sp³-hybridized carbons (Fsp3) is 0.435. The molecular weight excluding hydrogens is 380 g/mol. The van der Waals surface area contributed by atoms with Crippen LogP contribution in [0.4, 0.5) is 5.69 Å². The summed E-state index contributed by atoms with van der Waals surface area (Å²) in [6.45, 7) is 5.72. The Morgan fingerprint density at radius 1 is 1.03 bits per heavy atom. The van der Waals surface area contributed by atoms with E-state index < -0.39 is 0 Å². The zero-order valence-corrected chi connectivity index (χ0v) is 17.6. The first-order valence-electron chi connectivity index (χ1n) is 10.6. The molecule has 0 aliphatic carbocycles. The monoisotopic (exact) mass is 410 g/mol. The number of piperazine rings is 1. The van der Waals surface area contributed by atoms with Gasteiger partial charge in [-0.1, -0.05) is 18.2 Å². The van der Waals surface area contributed by atoms with E-state index in [1.165, 1.54) is 0 Å². The largest absolute Gasteiger partial charge is 0.497 e. The second-order valence-electron chi connectivity index (χ2n) is 7.65. The van der Waals surface area contributed by atoms with Crippen LogP contribution in [0.2, 0.25) is 0 Å². The predicted molar refractivity (Wildman–Crippen MR) is 117 cm³/mol. The number of benzene rings is 2. The highest BCUT2D eigenvalue weighted by atomic mass is 16.5. The van der Waals surface area contributed by atoms with Crippen molar-refractivity contribution in [1.29, 1.82) is 0 Å². The highest BCUT2D eigenvalue weighted by molar-refractivity contribution is 5.82. The lowest BCUT2D eigenvalue weighted by molar-refractivity contribution is -0.133. The van der Waals surface area contributed by atoms with E-state index in [0.717, 1.165) is 55.3 Å². The third kappa shape index (κ3) is 4.52. The molecular formula is C23H30N4O3. The maximum atomic E-state index is 13.0. The number of methoxy groups -OCH3 is 1. The molecule has 30 heavy (non-hydrogen) atoms. The minimum atomic E-state index is -0.204. The fourth-order valence-electron chi connectivity index (χ4n) is 4.11. The van der Waals surface area contributed by atoms with Crippen LogP contribution in [0.3, 0.4) is 0 Å². The van der Waals surface area contributed by atoms with E-state index >= 15 is 0 Å². The van der Waals surface area contributed by atoms with E-state index in [4.69, 9.17) is 9.47 Å². The van der Waals surface area contributed by atoms with Crippen LogP contribution in [0.25, 0.3) is 0 Å². The average molecular weight is 411 g/mol.